The van der Waals surface area contributed by atoms with Gasteiger partial charge < -0.3 is 29.7 Å². The molecule has 4 atom stereocenters. The molecule has 3 saturated heterocycles. The Morgan fingerprint density at radius 2 is 1.78 bits per heavy atom. The van der Waals surface area contributed by atoms with Crippen LogP contribution in [0.5, 0.6) is 5.75 Å². The molecule has 332 valence electrons. The van der Waals surface area contributed by atoms with Crippen LogP contribution >= 0.6 is 11.6 Å². The van der Waals surface area contributed by atoms with Gasteiger partial charge in [0, 0.05) is 57.0 Å². The third kappa shape index (κ3) is 7.74. The summed E-state index contributed by atoms with van der Waals surface area (Å²) in [6.07, 6.45) is 6.60. The normalized spacial score (nSPS) is 24.5. The zero-order valence-electron chi connectivity index (χ0n) is 35.4. The van der Waals surface area contributed by atoms with Crippen molar-refractivity contribution in [2.24, 2.45) is 31.8 Å². The summed E-state index contributed by atoms with van der Waals surface area (Å²) in [5.74, 6) is -3.40. The summed E-state index contributed by atoms with van der Waals surface area (Å²) in [7, 11) is 3.36. The number of amides is 2. The molecule has 18 heteroatoms. The van der Waals surface area contributed by atoms with Crippen LogP contribution in [0.4, 0.5) is 36.3 Å². The Hall–Kier alpha value is -5.42. The van der Waals surface area contributed by atoms with Crippen LogP contribution in [0.3, 0.4) is 0 Å². The number of piperidine rings is 3. The number of pyridine rings is 1. The number of aromatic nitrogens is 5. The van der Waals surface area contributed by atoms with Crippen LogP contribution in [0, 0.1) is 23.6 Å². The summed E-state index contributed by atoms with van der Waals surface area (Å²) in [5, 5.41) is 14.6. The Morgan fingerprint density at radius 1 is 0.984 bits per heavy atom. The molecule has 1 saturated carbocycles. The van der Waals surface area contributed by atoms with Crippen LogP contribution in [0.25, 0.3) is 21.8 Å². The molecule has 2 amide bonds. The maximum atomic E-state index is 15.8. The first-order chi connectivity index (χ1) is 30.2. The Balaban J connectivity index is 0.788. The molecule has 2 aromatic carbocycles. The minimum Gasteiger partial charge on any atom is -0.480 e. The third-order valence-electron chi connectivity index (χ3n) is 14.1. The number of rotatable bonds is 8. The summed E-state index contributed by atoms with van der Waals surface area (Å²) < 4.78 is 54.7. The van der Waals surface area contributed by atoms with Crippen LogP contribution in [0.1, 0.15) is 75.0 Å². The highest BCUT2D eigenvalue weighted by molar-refractivity contribution is 6.33. The fraction of sp³-hybridized carbons (Fsp3) is 0.511. The van der Waals surface area contributed by atoms with E-state index in [9.17, 15) is 14.4 Å². The fourth-order valence-electron chi connectivity index (χ4n) is 10.2. The number of halogens is 4. The van der Waals surface area contributed by atoms with Crippen molar-refractivity contribution in [1.29, 1.82) is 0 Å². The van der Waals surface area contributed by atoms with E-state index in [4.69, 9.17) is 26.4 Å². The number of carbonyl (C=O) groups is 2. The number of likely N-dealkylation sites (tertiary alicyclic amines) is 1. The van der Waals surface area contributed by atoms with Crippen molar-refractivity contribution in [1.82, 2.24) is 34.5 Å². The Labute approximate surface area is 366 Å². The molecule has 63 heavy (non-hydrogen) atoms. The first-order valence-electron chi connectivity index (χ1n) is 21.9. The lowest BCUT2D eigenvalue weighted by molar-refractivity contribution is -0.134. The SMILES string of the molecule is C[C@@H]1CN(c2ncc(Cl)c(Nc3cc4c5c(c(=O)n(C)c4cc3F)OCC(F)(F)C(C3CC3)N5)n2)CC[C@@H]1CN1CCC(c2ccc3c(C4CCC(=O)NC4=O)nn(C)c3c2)CC1. The van der Waals surface area contributed by atoms with Crippen LogP contribution in [-0.4, -0.2) is 92.3 Å². The van der Waals surface area contributed by atoms with Crippen LogP contribution in [0.15, 0.2) is 41.3 Å². The second kappa shape index (κ2) is 16.0. The molecule has 10 rings (SSSR count). The zero-order valence-corrected chi connectivity index (χ0v) is 36.2. The molecule has 5 aromatic rings. The van der Waals surface area contributed by atoms with Crippen molar-refractivity contribution in [3.8, 4) is 5.75 Å². The fourth-order valence-corrected chi connectivity index (χ4v) is 10.4. The molecule has 2 unspecified atom stereocenters. The molecule has 5 aliphatic rings. The summed E-state index contributed by atoms with van der Waals surface area (Å²) in [5.41, 5.74) is 2.72. The number of carbonyl (C=O) groups excluding carboxylic acids is 2. The summed E-state index contributed by atoms with van der Waals surface area (Å²) in [4.78, 5) is 51.6. The van der Waals surface area contributed by atoms with Gasteiger partial charge in [-0.25, -0.2) is 18.2 Å². The van der Waals surface area contributed by atoms with E-state index in [-0.39, 0.29) is 51.2 Å². The maximum absolute atomic E-state index is 15.8. The second-order valence-corrected chi connectivity index (χ2v) is 18.7. The highest BCUT2D eigenvalue weighted by Crippen LogP contribution is 2.46. The number of ether oxygens (including phenoxy) is 1. The number of imide groups is 1. The lowest BCUT2D eigenvalue weighted by atomic mass is 9.84. The molecular weight excluding hydrogens is 837 g/mol. The van der Waals surface area contributed by atoms with Gasteiger partial charge in [-0.2, -0.15) is 10.1 Å². The van der Waals surface area contributed by atoms with Crippen LogP contribution in [-0.2, 0) is 23.7 Å². The number of nitrogens with one attached hydrogen (secondary N) is 3. The molecular formula is C45H50ClF3N10O4. The summed E-state index contributed by atoms with van der Waals surface area (Å²) >= 11 is 6.59. The molecule has 0 bridgehead atoms. The Morgan fingerprint density at radius 3 is 2.52 bits per heavy atom. The summed E-state index contributed by atoms with van der Waals surface area (Å²) in [6, 6.07) is 7.93. The third-order valence-corrected chi connectivity index (χ3v) is 14.4. The van der Waals surface area contributed by atoms with Crippen molar-refractivity contribution in [2.45, 2.75) is 75.7 Å². The van der Waals surface area contributed by atoms with E-state index >= 15 is 13.2 Å². The molecule has 7 heterocycles. The van der Waals surface area contributed by atoms with Gasteiger partial charge in [-0.3, -0.25) is 24.4 Å². The number of fused-ring (bicyclic) bond motifs is 4. The average molecular weight is 887 g/mol. The van der Waals surface area contributed by atoms with Gasteiger partial charge in [-0.05, 0) is 93.0 Å². The van der Waals surface area contributed by atoms with Gasteiger partial charge >= 0.3 is 5.92 Å². The highest BCUT2D eigenvalue weighted by atomic mass is 35.5. The van der Waals surface area contributed by atoms with E-state index in [0.717, 1.165) is 68.6 Å². The molecule has 14 nitrogen and oxygen atoms in total. The van der Waals surface area contributed by atoms with Crippen molar-refractivity contribution in [2.75, 3.05) is 54.9 Å². The average Bonchev–Trinajstić information content (AvgIpc) is 4.07. The minimum atomic E-state index is -3.21. The smallest absolute Gasteiger partial charge is 0.301 e. The van der Waals surface area contributed by atoms with Crippen LogP contribution < -0.4 is 31.1 Å². The van der Waals surface area contributed by atoms with E-state index in [1.807, 2.05) is 11.7 Å². The second-order valence-electron chi connectivity index (χ2n) is 18.3. The van der Waals surface area contributed by atoms with Gasteiger partial charge in [0.15, 0.2) is 12.4 Å². The molecule has 0 spiro atoms. The molecule has 3 N–H and O–H groups in total. The quantitative estimate of drug-likeness (QED) is 0.141. The number of nitrogens with zero attached hydrogens (tertiary/aromatic N) is 7. The molecule has 4 fully saturated rings. The number of benzene rings is 2. The zero-order chi connectivity index (χ0) is 43.9. The first kappa shape index (κ1) is 41.6. The van der Waals surface area contributed by atoms with E-state index in [1.165, 1.54) is 35.5 Å². The van der Waals surface area contributed by atoms with Crippen molar-refractivity contribution in [3.63, 3.8) is 0 Å². The van der Waals surface area contributed by atoms with Gasteiger partial charge in [0.2, 0.25) is 23.5 Å². The monoisotopic (exact) mass is 886 g/mol. The number of hydrogen-bond donors (Lipinski definition) is 3. The van der Waals surface area contributed by atoms with Gasteiger partial charge in [0.1, 0.15) is 10.8 Å². The van der Waals surface area contributed by atoms with Crippen molar-refractivity contribution < 1.29 is 27.5 Å². The van der Waals surface area contributed by atoms with Gasteiger partial charge in [0.05, 0.1) is 46.3 Å². The number of anilines is 4. The first-order valence-corrected chi connectivity index (χ1v) is 22.3. The standard InChI is InChI=1S/C45H50ClF3N10O4/c1-23-20-59(15-12-27(23)21-58-13-10-24(11-14-58)26-6-7-28-35(16-26)57(3)55-37(28)29-8-9-36(60)52-42(29)61)44-50-19-31(46)41(54-44)51-33-17-30-34(18-32(33)47)56(2)43(62)39-38(30)53-40(25-4-5-25)45(48,49)22-63-39/h6-7,16-19,23-25,27,29,40,53H,4-5,8-15,20-22H2,1-3H3,(H,50,51,54)(H,52,60,61)/t23-,27-,29?,40?/m1/s1. The minimum absolute atomic E-state index is 0.00275. The number of aryl methyl sites for hydroxylation is 2. The Kier molecular flexibility index (Phi) is 10.5. The lowest BCUT2D eigenvalue weighted by Gasteiger charge is -2.41. The number of alkyl halides is 2. The molecule has 0 radical (unpaired) electrons. The topological polar surface area (TPSA) is 152 Å². The van der Waals surface area contributed by atoms with Crippen LogP contribution in [0.2, 0.25) is 5.02 Å². The lowest BCUT2D eigenvalue weighted by Crippen LogP contribution is -2.45. The van der Waals surface area contributed by atoms with Gasteiger partial charge in [-0.1, -0.05) is 30.7 Å². The highest BCUT2D eigenvalue weighted by Gasteiger charge is 2.51. The van der Waals surface area contributed by atoms with Crippen molar-refractivity contribution >= 4 is 68.4 Å². The molecule has 4 aliphatic heterocycles. The predicted octanol–water partition coefficient (Wildman–Crippen LogP) is 6.83. The van der Waals surface area contributed by atoms with Gasteiger partial charge in [0.25, 0.3) is 5.56 Å². The number of hydrogen-bond acceptors (Lipinski definition) is 11. The maximum Gasteiger partial charge on any atom is 0.301 e. The van der Waals surface area contributed by atoms with E-state index in [0.29, 0.717) is 54.8 Å². The van der Waals surface area contributed by atoms with E-state index in [2.05, 4.69) is 55.9 Å². The summed E-state index contributed by atoms with van der Waals surface area (Å²) in [6.45, 7) is 5.80. The van der Waals surface area contributed by atoms with E-state index < -0.39 is 35.9 Å². The van der Waals surface area contributed by atoms with Crippen molar-refractivity contribution in [3.05, 3.63) is 69.0 Å². The van der Waals surface area contributed by atoms with E-state index in [1.54, 1.807) is 0 Å². The molecule has 1 aliphatic carbocycles. The predicted molar refractivity (Wildman–Crippen MR) is 234 cm³/mol. The Bertz CT molecular complexity index is 2720. The largest absolute Gasteiger partial charge is 0.480 e. The molecule has 3 aromatic heterocycles. The van der Waals surface area contributed by atoms with Gasteiger partial charge in [-0.15, -0.1) is 0 Å².